The minimum Gasteiger partial charge on any atom is -0.379 e. The largest absolute Gasteiger partial charge is 0.379 e. The van der Waals surface area contributed by atoms with E-state index >= 15 is 0 Å². The number of hydrogen-bond donors (Lipinski definition) is 2. The lowest BCUT2D eigenvalue weighted by Crippen LogP contribution is -2.30. The van der Waals surface area contributed by atoms with Crippen molar-refractivity contribution in [3.63, 3.8) is 0 Å². The van der Waals surface area contributed by atoms with Crippen molar-refractivity contribution >= 4 is 17.3 Å². The summed E-state index contributed by atoms with van der Waals surface area (Å²) in [6.07, 6.45) is 4.09. The lowest BCUT2D eigenvalue weighted by molar-refractivity contribution is -0.383. The number of nitrogens with two attached hydrogens (primary N) is 1. The highest BCUT2D eigenvalue weighted by atomic mass is 16.6. The van der Waals surface area contributed by atoms with Gasteiger partial charge in [-0.2, -0.15) is 0 Å². The number of hydrogen-bond acceptors (Lipinski definition) is 7. The first-order valence-electron chi connectivity index (χ1n) is 5.67. The fraction of sp³-hybridized carbons (Fsp3) is 0.600. The summed E-state index contributed by atoms with van der Waals surface area (Å²) in [7, 11) is 1.63. The van der Waals surface area contributed by atoms with Crippen LogP contribution in [0.3, 0.4) is 0 Å². The van der Waals surface area contributed by atoms with Crippen LogP contribution in [-0.4, -0.2) is 34.1 Å². The fourth-order valence-electron chi connectivity index (χ4n) is 2.23. The fourth-order valence-corrected chi connectivity index (χ4v) is 2.23. The van der Waals surface area contributed by atoms with E-state index in [0.717, 1.165) is 19.3 Å². The van der Waals surface area contributed by atoms with Crippen molar-refractivity contribution in [2.24, 2.45) is 0 Å². The maximum Gasteiger partial charge on any atom is 0.352 e. The van der Waals surface area contributed by atoms with E-state index in [2.05, 4.69) is 15.3 Å². The maximum atomic E-state index is 10.9. The predicted molar refractivity (Wildman–Crippen MR) is 65.2 cm³/mol. The molecule has 1 heterocycles. The number of rotatable bonds is 4. The second kappa shape index (κ2) is 5.13. The highest BCUT2D eigenvalue weighted by Crippen LogP contribution is 2.30. The van der Waals surface area contributed by atoms with E-state index in [1.807, 2.05) is 0 Å². The molecule has 1 aromatic heterocycles. The molecule has 18 heavy (non-hydrogen) atoms. The molecule has 1 aromatic rings. The molecule has 0 aromatic carbocycles. The smallest absolute Gasteiger partial charge is 0.352 e. The summed E-state index contributed by atoms with van der Waals surface area (Å²) >= 11 is 0. The molecule has 0 radical (unpaired) electrons. The molecule has 1 aliphatic rings. The van der Waals surface area contributed by atoms with E-state index in [-0.39, 0.29) is 29.5 Å². The zero-order valence-corrected chi connectivity index (χ0v) is 10.00. The molecule has 0 spiro atoms. The summed E-state index contributed by atoms with van der Waals surface area (Å²) in [6, 6.07) is 0.0167. The van der Waals surface area contributed by atoms with Gasteiger partial charge in [-0.3, -0.25) is 10.1 Å². The molecule has 8 nitrogen and oxygen atoms in total. The van der Waals surface area contributed by atoms with Crippen LogP contribution in [0, 0.1) is 10.1 Å². The van der Waals surface area contributed by atoms with Crippen LogP contribution in [0.25, 0.3) is 0 Å². The maximum absolute atomic E-state index is 10.9. The third-order valence-corrected chi connectivity index (χ3v) is 3.11. The molecular formula is C10H15N5O3. The predicted octanol–water partition coefficient (Wildman–Crippen LogP) is 0.946. The minimum atomic E-state index is -0.575. The van der Waals surface area contributed by atoms with Gasteiger partial charge < -0.3 is 15.8 Å². The minimum absolute atomic E-state index is 0.0167. The van der Waals surface area contributed by atoms with Gasteiger partial charge in [0.15, 0.2) is 0 Å². The lowest BCUT2D eigenvalue weighted by atomic mass is 10.2. The first kappa shape index (κ1) is 12.5. The Morgan fingerprint density at radius 1 is 1.56 bits per heavy atom. The Balaban J connectivity index is 2.23. The number of ether oxygens (including phenoxy) is 1. The van der Waals surface area contributed by atoms with E-state index in [1.54, 1.807) is 7.11 Å². The molecule has 2 unspecified atom stereocenters. The highest BCUT2D eigenvalue weighted by Gasteiger charge is 2.30. The Morgan fingerprint density at radius 2 is 2.33 bits per heavy atom. The zero-order chi connectivity index (χ0) is 13.1. The summed E-state index contributed by atoms with van der Waals surface area (Å²) in [6.45, 7) is 0. The summed E-state index contributed by atoms with van der Waals surface area (Å²) in [5.74, 6) is 0.0194. The standard InChI is InChI=1S/C10H15N5O3/c1-18-7-4-2-3-6(7)14-10-8(15(16)17)9(11)12-5-13-10/h5-7H,2-4H2,1H3,(H3,11,12,13,14). The van der Waals surface area contributed by atoms with Crippen molar-refractivity contribution in [2.75, 3.05) is 18.2 Å². The van der Waals surface area contributed by atoms with E-state index in [9.17, 15) is 10.1 Å². The van der Waals surface area contributed by atoms with Gasteiger partial charge >= 0.3 is 5.69 Å². The quantitative estimate of drug-likeness (QED) is 0.606. The number of anilines is 2. The van der Waals surface area contributed by atoms with Crippen LogP contribution >= 0.6 is 0 Å². The van der Waals surface area contributed by atoms with Gasteiger partial charge in [0.05, 0.1) is 17.1 Å². The van der Waals surface area contributed by atoms with Gasteiger partial charge in [-0.25, -0.2) is 9.97 Å². The normalized spacial score (nSPS) is 22.9. The van der Waals surface area contributed by atoms with Gasteiger partial charge in [0, 0.05) is 7.11 Å². The Bertz CT molecular complexity index is 453. The average Bonchev–Trinajstić information content (AvgIpc) is 2.76. The average molecular weight is 253 g/mol. The highest BCUT2D eigenvalue weighted by molar-refractivity contribution is 5.67. The molecule has 0 saturated heterocycles. The lowest BCUT2D eigenvalue weighted by Gasteiger charge is -2.19. The molecule has 1 aliphatic carbocycles. The molecule has 8 heteroatoms. The third-order valence-electron chi connectivity index (χ3n) is 3.11. The molecule has 3 N–H and O–H groups in total. The molecule has 0 aliphatic heterocycles. The van der Waals surface area contributed by atoms with Gasteiger partial charge in [0.2, 0.25) is 11.6 Å². The van der Waals surface area contributed by atoms with Crippen molar-refractivity contribution in [2.45, 2.75) is 31.4 Å². The van der Waals surface area contributed by atoms with Crippen LogP contribution in [0.2, 0.25) is 0 Å². The van der Waals surface area contributed by atoms with Crippen molar-refractivity contribution in [3.05, 3.63) is 16.4 Å². The van der Waals surface area contributed by atoms with Crippen molar-refractivity contribution < 1.29 is 9.66 Å². The number of nitrogens with one attached hydrogen (secondary N) is 1. The Kier molecular flexibility index (Phi) is 3.56. The van der Waals surface area contributed by atoms with Crippen molar-refractivity contribution in [1.29, 1.82) is 0 Å². The van der Waals surface area contributed by atoms with Gasteiger partial charge in [0.25, 0.3) is 0 Å². The monoisotopic (exact) mass is 253 g/mol. The summed E-state index contributed by atoms with van der Waals surface area (Å²) in [5, 5.41) is 14.0. The molecule has 1 saturated carbocycles. The molecule has 0 amide bonds. The van der Waals surface area contributed by atoms with Crippen LogP contribution in [0.4, 0.5) is 17.3 Å². The Morgan fingerprint density at radius 3 is 3.00 bits per heavy atom. The number of nitrogen functional groups attached to an aromatic ring is 1. The Hall–Kier alpha value is -1.96. The van der Waals surface area contributed by atoms with Crippen molar-refractivity contribution in [1.82, 2.24) is 9.97 Å². The second-order valence-corrected chi connectivity index (χ2v) is 4.17. The topological polar surface area (TPSA) is 116 Å². The number of aromatic nitrogens is 2. The van der Waals surface area contributed by atoms with Crippen LogP contribution < -0.4 is 11.1 Å². The van der Waals surface area contributed by atoms with Gasteiger partial charge in [0.1, 0.15) is 6.33 Å². The summed E-state index contributed by atoms with van der Waals surface area (Å²) in [5.41, 5.74) is 5.22. The van der Waals surface area contributed by atoms with Crippen LogP contribution in [0.15, 0.2) is 6.33 Å². The van der Waals surface area contributed by atoms with Crippen LogP contribution in [0.5, 0.6) is 0 Å². The van der Waals surface area contributed by atoms with E-state index < -0.39 is 4.92 Å². The molecule has 1 fully saturated rings. The molecule has 98 valence electrons. The van der Waals surface area contributed by atoms with Crippen LogP contribution in [-0.2, 0) is 4.74 Å². The number of methoxy groups -OCH3 is 1. The van der Waals surface area contributed by atoms with E-state index in [4.69, 9.17) is 10.5 Å². The van der Waals surface area contributed by atoms with Crippen LogP contribution in [0.1, 0.15) is 19.3 Å². The Labute approximate surface area is 104 Å². The first-order chi connectivity index (χ1) is 8.63. The molecule has 2 rings (SSSR count). The van der Waals surface area contributed by atoms with Crippen molar-refractivity contribution in [3.8, 4) is 0 Å². The third kappa shape index (κ3) is 2.33. The second-order valence-electron chi connectivity index (χ2n) is 4.17. The summed E-state index contributed by atoms with van der Waals surface area (Å²) in [4.78, 5) is 17.9. The summed E-state index contributed by atoms with van der Waals surface area (Å²) < 4.78 is 5.32. The van der Waals surface area contributed by atoms with Gasteiger partial charge in [-0.05, 0) is 19.3 Å². The SMILES string of the molecule is COC1CCCC1Nc1ncnc(N)c1[N+](=O)[O-]. The first-order valence-corrected chi connectivity index (χ1v) is 5.67. The number of nitro groups is 1. The van der Waals surface area contributed by atoms with Gasteiger partial charge in [-0.15, -0.1) is 0 Å². The number of nitrogens with zero attached hydrogens (tertiary/aromatic N) is 3. The molecule has 2 atom stereocenters. The van der Waals surface area contributed by atoms with E-state index in [0.29, 0.717) is 0 Å². The molecular weight excluding hydrogens is 238 g/mol. The zero-order valence-electron chi connectivity index (χ0n) is 10.00. The molecule has 0 bridgehead atoms. The van der Waals surface area contributed by atoms with Gasteiger partial charge in [-0.1, -0.05) is 0 Å². The van der Waals surface area contributed by atoms with E-state index in [1.165, 1.54) is 6.33 Å².